The van der Waals surface area contributed by atoms with Crippen molar-refractivity contribution >= 4 is 11.9 Å². The van der Waals surface area contributed by atoms with Crippen LogP contribution in [0, 0.1) is 0 Å². The van der Waals surface area contributed by atoms with E-state index in [9.17, 15) is 19.8 Å². The predicted octanol–water partition coefficient (Wildman–Crippen LogP) is 6.13. The maximum absolute atomic E-state index is 11.8. The highest BCUT2D eigenvalue weighted by Crippen LogP contribution is 2.33. The van der Waals surface area contributed by atoms with Crippen LogP contribution in [-0.2, 0) is 0 Å². The molecule has 0 fully saturated rings. The number of carboxylic acids is 2. The van der Waals surface area contributed by atoms with E-state index in [0.717, 1.165) is 11.1 Å². The van der Waals surface area contributed by atoms with Crippen molar-refractivity contribution in [3.05, 3.63) is 108 Å². The lowest BCUT2D eigenvalue weighted by Gasteiger charge is -2.08. The zero-order valence-electron chi connectivity index (χ0n) is 18.3. The lowest BCUT2D eigenvalue weighted by Crippen LogP contribution is -2.00. The molecule has 0 saturated heterocycles. The van der Waals surface area contributed by atoms with E-state index in [1.807, 2.05) is 60.7 Å². The molecule has 0 amide bonds. The Hall–Kier alpha value is -5.04. The van der Waals surface area contributed by atoms with Gasteiger partial charge in [0, 0.05) is 11.1 Å². The number of hydrogen-bond acceptors (Lipinski definition) is 5. The summed E-state index contributed by atoms with van der Waals surface area (Å²) < 4.78 is 5.92. The number of carbonyl (C=O) groups is 2. The summed E-state index contributed by atoms with van der Waals surface area (Å²) in [7, 11) is 0. The van der Waals surface area contributed by atoms with Gasteiger partial charge in [-0.05, 0) is 58.7 Å². The third-order valence-corrected chi connectivity index (χ3v) is 5.59. The second-order valence-electron chi connectivity index (χ2n) is 7.78. The molecule has 0 radical (unpaired) electrons. The summed E-state index contributed by atoms with van der Waals surface area (Å²) in [5, 5.41) is 27.6. The van der Waals surface area contributed by atoms with Crippen molar-refractivity contribution in [1.29, 1.82) is 0 Å². The van der Waals surface area contributed by atoms with Crippen LogP contribution in [-0.4, -0.2) is 32.3 Å². The number of aromatic carboxylic acids is 2. The van der Waals surface area contributed by atoms with Crippen LogP contribution in [0.15, 0.2) is 101 Å². The maximum Gasteiger partial charge on any atom is 0.336 e. The molecule has 0 aliphatic carbocycles. The molecule has 5 aromatic rings. The van der Waals surface area contributed by atoms with Gasteiger partial charge in [0.05, 0.1) is 11.1 Å². The lowest BCUT2D eigenvalue weighted by atomic mass is 9.97. The number of nitrogens with zero attached hydrogens (tertiary/aromatic N) is 2. The van der Waals surface area contributed by atoms with E-state index in [0.29, 0.717) is 22.3 Å². The average Bonchev–Trinajstić information content (AvgIpc) is 3.39. The molecule has 0 spiro atoms. The zero-order chi connectivity index (χ0) is 24.4. The van der Waals surface area contributed by atoms with E-state index in [1.165, 1.54) is 12.1 Å². The van der Waals surface area contributed by atoms with Crippen molar-refractivity contribution in [2.24, 2.45) is 0 Å². The van der Waals surface area contributed by atoms with Crippen LogP contribution in [0.2, 0.25) is 0 Å². The molecule has 7 nitrogen and oxygen atoms in total. The van der Waals surface area contributed by atoms with E-state index < -0.39 is 11.9 Å². The van der Waals surface area contributed by atoms with Gasteiger partial charge < -0.3 is 14.6 Å². The van der Waals surface area contributed by atoms with Crippen molar-refractivity contribution < 1.29 is 24.2 Å². The van der Waals surface area contributed by atoms with Gasteiger partial charge >= 0.3 is 11.9 Å². The van der Waals surface area contributed by atoms with E-state index >= 15 is 0 Å². The Balaban J connectivity index is 1.56. The molecule has 0 aliphatic heterocycles. The Morgan fingerprint density at radius 3 is 1.31 bits per heavy atom. The minimum Gasteiger partial charge on any atom is -0.478 e. The normalized spacial score (nSPS) is 10.7. The Kier molecular flexibility index (Phi) is 5.65. The second kappa shape index (κ2) is 9.07. The Labute approximate surface area is 200 Å². The van der Waals surface area contributed by atoms with Gasteiger partial charge in [-0.2, -0.15) is 0 Å². The molecule has 0 aliphatic rings. The molecular formula is C28H18N2O5. The maximum atomic E-state index is 11.8. The van der Waals surface area contributed by atoms with Crippen molar-refractivity contribution in [2.75, 3.05) is 0 Å². The third kappa shape index (κ3) is 4.30. The Morgan fingerprint density at radius 1 is 0.543 bits per heavy atom. The monoisotopic (exact) mass is 462 g/mol. The van der Waals surface area contributed by atoms with Crippen LogP contribution in [0.1, 0.15) is 20.7 Å². The fraction of sp³-hybridized carbons (Fsp3) is 0. The Bertz CT molecular complexity index is 1430. The second-order valence-corrected chi connectivity index (χ2v) is 7.78. The highest BCUT2D eigenvalue weighted by Gasteiger charge is 2.18. The molecule has 0 unspecified atom stereocenters. The molecule has 2 N–H and O–H groups in total. The number of hydrogen-bond donors (Lipinski definition) is 2. The summed E-state index contributed by atoms with van der Waals surface area (Å²) in [5.74, 6) is -1.63. The minimum absolute atomic E-state index is 0.163. The molecule has 1 aromatic heterocycles. The van der Waals surface area contributed by atoms with E-state index in [1.54, 1.807) is 24.3 Å². The molecule has 7 heteroatoms. The highest BCUT2D eigenvalue weighted by molar-refractivity contribution is 5.98. The van der Waals surface area contributed by atoms with Gasteiger partial charge in [-0.3, -0.25) is 0 Å². The summed E-state index contributed by atoms with van der Waals surface area (Å²) >= 11 is 0. The van der Waals surface area contributed by atoms with Crippen LogP contribution in [0.3, 0.4) is 0 Å². The van der Waals surface area contributed by atoms with E-state index in [2.05, 4.69) is 10.2 Å². The molecule has 35 heavy (non-hydrogen) atoms. The van der Waals surface area contributed by atoms with Crippen molar-refractivity contribution in [1.82, 2.24) is 10.2 Å². The molecule has 4 aromatic carbocycles. The number of benzene rings is 4. The fourth-order valence-corrected chi connectivity index (χ4v) is 3.90. The third-order valence-electron chi connectivity index (χ3n) is 5.59. The summed E-state index contributed by atoms with van der Waals surface area (Å²) in [6, 6.07) is 28.1. The summed E-state index contributed by atoms with van der Waals surface area (Å²) in [4.78, 5) is 23.5. The van der Waals surface area contributed by atoms with Gasteiger partial charge in [-0.1, -0.05) is 60.7 Å². The topological polar surface area (TPSA) is 114 Å². The SMILES string of the molecule is O=C(O)c1ccc(-c2nnc(-c3ccc(C(=O)O)c(-c4ccccc4)c3)o2)cc1-c1ccccc1. The standard InChI is InChI=1S/C28H18N2O5/c31-27(32)21-13-11-19(15-23(21)17-7-3-1-4-8-17)25-29-30-26(35-25)20-12-14-22(28(33)34)24(16-20)18-9-5-2-6-10-18/h1-16H,(H,31,32)(H,33,34). The first-order chi connectivity index (χ1) is 17.0. The molecule has 0 bridgehead atoms. The molecule has 170 valence electrons. The van der Waals surface area contributed by atoms with Crippen molar-refractivity contribution in [2.45, 2.75) is 0 Å². The fourth-order valence-electron chi connectivity index (χ4n) is 3.90. The van der Waals surface area contributed by atoms with Gasteiger partial charge in [0.15, 0.2) is 0 Å². The number of rotatable bonds is 6. The first kappa shape index (κ1) is 21.8. The zero-order valence-corrected chi connectivity index (χ0v) is 18.3. The minimum atomic E-state index is -1.03. The molecule has 0 saturated carbocycles. The van der Waals surface area contributed by atoms with Gasteiger partial charge in [0.25, 0.3) is 0 Å². The molecular weight excluding hydrogens is 444 g/mol. The smallest absolute Gasteiger partial charge is 0.336 e. The quantitative estimate of drug-likeness (QED) is 0.312. The first-order valence-electron chi connectivity index (χ1n) is 10.7. The average molecular weight is 462 g/mol. The van der Waals surface area contributed by atoms with Gasteiger partial charge in [0.2, 0.25) is 11.8 Å². The summed E-state index contributed by atoms with van der Waals surface area (Å²) in [6.07, 6.45) is 0. The van der Waals surface area contributed by atoms with E-state index in [-0.39, 0.29) is 22.9 Å². The first-order valence-corrected chi connectivity index (χ1v) is 10.7. The Morgan fingerprint density at radius 2 is 0.943 bits per heavy atom. The predicted molar refractivity (Wildman–Crippen MR) is 130 cm³/mol. The van der Waals surface area contributed by atoms with Gasteiger partial charge in [0.1, 0.15) is 0 Å². The molecule has 5 rings (SSSR count). The van der Waals surface area contributed by atoms with Crippen molar-refractivity contribution in [3.63, 3.8) is 0 Å². The number of carboxylic acid groups (broad SMARTS) is 2. The molecule has 0 atom stereocenters. The highest BCUT2D eigenvalue weighted by atomic mass is 16.4. The van der Waals surface area contributed by atoms with Crippen LogP contribution >= 0.6 is 0 Å². The summed E-state index contributed by atoms with van der Waals surface area (Å²) in [6.45, 7) is 0. The van der Waals surface area contributed by atoms with E-state index in [4.69, 9.17) is 4.42 Å². The van der Waals surface area contributed by atoms with Crippen molar-refractivity contribution in [3.8, 4) is 45.2 Å². The largest absolute Gasteiger partial charge is 0.478 e. The van der Waals surface area contributed by atoms with Crippen LogP contribution < -0.4 is 0 Å². The van der Waals surface area contributed by atoms with Gasteiger partial charge in [-0.25, -0.2) is 9.59 Å². The van der Waals surface area contributed by atoms with Crippen LogP contribution in [0.25, 0.3) is 45.2 Å². The van der Waals surface area contributed by atoms with Crippen LogP contribution in [0.4, 0.5) is 0 Å². The van der Waals surface area contributed by atoms with Crippen LogP contribution in [0.5, 0.6) is 0 Å². The van der Waals surface area contributed by atoms with Gasteiger partial charge in [-0.15, -0.1) is 10.2 Å². The lowest BCUT2D eigenvalue weighted by molar-refractivity contribution is 0.0687. The molecule has 1 heterocycles. The number of aromatic nitrogens is 2. The summed E-state index contributed by atoms with van der Waals surface area (Å²) in [5.41, 5.74) is 4.04.